The fourth-order valence-electron chi connectivity index (χ4n) is 2.67. The van der Waals surface area contributed by atoms with E-state index in [2.05, 4.69) is 5.32 Å². The van der Waals surface area contributed by atoms with E-state index in [-0.39, 0.29) is 11.4 Å². The van der Waals surface area contributed by atoms with Crippen molar-refractivity contribution in [3.8, 4) is 0 Å². The van der Waals surface area contributed by atoms with Crippen LogP contribution in [0.4, 0.5) is 11.4 Å². The molecule has 5 heteroatoms. The number of carboxylic acids is 1. The highest BCUT2D eigenvalue weighted by atomic mass is 35.5. The molecule has 0 heterocycles. The molecule has 0 aromatic heterocycles. The van der Waals surface area contributed by atoms with Gasteiger partial charge in [-0.2, -0.15) is 0 Å². The lowest BCUT2D eigenvalue weighted by Crippen LogP contribution is -2.11. The smallest absolute Gasteiger partial charge is 0.310 e. The molecule has 0 spiro atoms. The minimum absolute atomic E-state index is 0. The van der Waals surface area contributed by atoms with Gasteiger partial charge in [-0.05, 0) is 62.4 Å². The molecule has 0 aliphatic carbocycles. The number of hydrogen-bond acceptors (Lipinski definition) is 2. The average molecular weight is 382 g/mol. The number of anilines is 2. The van der Waals surface area contributed by atoms with Crippen molar-refractivity contribution < 1.29 is 21.3 Å². The molecule has 0 amide bonds. The Morgan fingerprint density at radius 1 is 1.04 bits per heavy atom. The van der Waals surface area contributed by atoms with Crippen LogP contribution in [0.1, 0.15) is 52.1 Å². The molecule has 2 aromatic rings. The first kappa shape index (κ1) is 18.6. The number of benzene rings is 2. The standard InChI is InChI=1S/C19H21Cl2NO2.8H2/c1-9-7-6-8-14(13(5)19(23)24)17(9)22-18-15(20)11(3)10(2)12(4)16(18)21;;;;;;;;/h6-8,13,22H,1-5H3,(H,23,24);8*1H. The molecule has 0 saturated carbocycles. The van der Waals surface area contributed by atoms with Crippen molar-refractivity contribution in [3.63, 3.8) is 0 Å². The van der Waals surface area contributed by atoms with E-state index in [4.69, 9.17) is 23.2 Å². The largest absolute Gasteiger partial charge is 0.481 e. The summed E-state index contributed by atoms with van der Waals surface area (Å²) in [5.74, 6) is -1.52. The summed E-state index contributed by atoms with van der Waals surface area (Å²) >= 11 is 13.0. The van der Waals surface area contributed by atoms with Crippen molar-refractivity contribution >= 4 is 40.5 Å². The highest BCUT2D eigenvalue weighted by Crippen LogP contribution is 2.41. The Labute approximate surface area is 164 Å². The third kappa shape index (κ3) is 3.24. The second-order valence-corrected chi connectivity index (χ2v) is 6.86. The molecule has 0 aliphatic heterocycles. The molecule has 2 rings (SSSR count). The first-order valence-electron chi connectivity index (χ1n) is 7.70. The summed E-state index contributed by atoms with van der Waals surface area (Å²) in [7, 11) is 0. The van der Waals surface area contributed by atoms with E-state index < -0.39 is 11.9 Å². The molecule has 24 heavy (non-hydrogen) atoms. The normalized spacial score (nSPS) is 12.1. The monoisotopic (exact) mass is 381 g/mol. The number of aliphatic carboxylic acids is 1. The molecule has 144 valence electrons. The van der Waals surface area contributed by atoms with E-state index in [9.17, 15) is 9.90 Å². The maximum atomic E-state index is 11.4. The first-order valence-corrected chi connectivity index (χ1v) is 8.46. The maximum absolute atomic E-state index is 11.4. The van der Waals surface area contributed by atoms with Gasteiger partial charge in [-0.25, -0.2) is 0 Å². The lowest BCUT2D eigenvalue weighted by atomic mass is 9.96. The minimum atomic E-state index is -0.878. The molecule has 2 N–H and O–H groups in total. The zero-order chi connectivity index (χ0) is 18.2. The van der Waals surface area contributed by atoms with Crippen LogP contribution in [0.5, 0.6) is 0 Å². The fraction of sp³-hybridized carbons (Fsp3) is 0.316. The van der Waals surface area contributed by atoms with Gasteiger partial charge in [0.25, 0.3) is 0 Å². The van der Waals surface area contributed by atoms with Crippen molar-refractivity contribution in [3.05, 3.63) is 56.1 Å². The Kier molecular flexibility index (Phi) is 5.46. The summed E-state index contributed by atoms with van der Waals surface area (Å²) in [6.45, 7) is 9.47. The Bertz CT molecular complexity index is 812. The Morgan fingerprint density at radius 2 is 1.58 bits per heavy atom. The first-order chi connectivity index (χ1) is 11.2. The van der Waals surface area contributed by atoms with E-state index >= 15 is 0 Å². The topological polar surface area (TPSA) is 49.3 Å². The molecule has 0 aliphatic rings. The summed E-state index contributed by atoms with van der Waals surface area (Å²) < 4.78 is 0. The lowest BCUT2D eigenvalue weighted by molar-refractivity contribution is -0.138. The zero-order valence-electron chi connectivity index (χ0n) is 14.4. The van der Waals surface area contributed by atoms with Gasteiger partial charge in [0.05, 0.1) is 21.7 Å². The van der Waals surface area contributed by atoms with Gasteiger partial charge in [-0.3, -0.25) is 4.79 Å². The van der Waals surface area contributed by atoms with Gasteiger partial charge in [0, 0.05) is 17.1 Å². The molecule has 0 radical (unpaired) electrons. The van der Waals surface area contributed by atoms with Crippen LogP contribution in [0, 0.1) is 27.7 Å². The summed E-state index contributed by atoms with van der Waals surface area (Å²) in [5.41, 5.74) is 5.96. The predicted octanol–water partition coefficient (Wildman–Crippen LogP) is 8.13. The molecule has 0 saturated heterocycles. The second kappa shape index (κ2) is 7.04. The van der Waals surface area contributed by atoms with Crippen molar-refractivity contribution in [2.24, 2.45) is 0 Å². The van der Waals surface area contributed by atoms with Crippen LogP contribution in [0.2, 0.25) is 10.0 Å². The van der Waals surface area contributed by atoms with Crippen LogP contribution in [0.25, 0.3) is 0 Å². The van der Waals surface area contributed by atoms with Crippen molar-refractivity contribution in [2.45, 2.75) is 40.5 Å². The highest BCUT2D eigenvalue weighted by molar-refractivity contribution is 6.40. The summed E-state index contributed by atoms with van der Waals surface area (Å²) in [5, 5.41) is 13.8. The summed E-state index contributed by atoms with van der Waals surface area (Å²) in [4.78, 5) is 11.4. The molecule has 1 atom stereocenters. The number of carbonyl (C=O) groups is 1. The SMILES string of the molecule is Cc1cccc(C(C)C(=O)O)c1Nc1c(Cl)c(C)c(C)c(C)c1Cl.[HH].[HH].[HH].[HH].[HH].[HH].[HH].[HH]. The van der Waals surface area contributed by atoms with E-state index in [1.807, 2.05) is 45.9 Å². The van der Waals surface area contributed by atoms with Crippen LogP contribution >= 0.6 is 23.2 Å². The molecular weight excluding hydrogens is 345 g/mol. The van der Waals surface area contributed by atoms with Gasteiger partial charge in [-0.15, -0.1) is 0 Å². The van der Waals surface area contributed by atoms with Gasteiger partial charge < -0.3 is 10.4 Å². The van der Waals surface area contributed by atoms with E-state index in [0.717, 1.165) is 27.9 Å². The third-order valence-electron chi connectivity index (χ3n) is 4.61. The highest BCUT2D eigenvalue weighted by Gasteiger charge is 2.21. The van der Waals surface area contributed by atoms with Crippen LogP contribution in [0.3, 0.4) is 0 Å². The van der Waals surface area contributed by atoms with Gasteiger partial charge in [0.1, 0.15) is 0 Å². The quantitative estimate of drug-likeness (QED) is 0.561. The average Bonchev–Trinajstić information content (AvgIpc) is 2.55. The minimum Gasteiger partial charge on any atom is -0.481 e. The Hall–Kier alpha value is -1.71. The Morgan fingerprint density at radius 3 is 2.08 bits per heavy atom. The number of aryl methyl sites for hydroxylation is 1. The number of halogens is 2. The maximum Gasteiger partial charge on any atom is 0.310 e. The van der Waals surface area contributed by atoms with Crippen molar-refractivity contribution in [1.29, 1.82) is 0 Å². The lowest BCUT2D eigenvalue weighted by Gasteiger charge is -2.21. The fourth-order valence-corrected chi connectivity index (χ4v) is 3.29. The van der Waals surface area contributed by atoms with E-state index in [1.165, 1.54) is 0 Å². The number of carboxylic acid groups (broad SMARTS) is 1. The zero-order valence-corrected chi connectivity index (χ0v) is 15.9. The molecule has 0 fully saturated rings. The number of para-hydroxylation sites is 1. The van der Waals surface area contributed by atoms with Crippen LogP contribution in [0.15, 0.2) is 18.2 Å². The molecular formula is C19H37Cl2NO2. The van der Waals surface area contributed by atoms with Gasteiger partial charge in [-0.1, -0.05) is 41.4 Å². The van der Waals surface area contributed by atoms with E-state index in [1.54, 1.807) is 6.92 Å². The number of nitrogens with one attached hydrogen (secondary N) is 1. The predicted molar refractivity (Wildman–Crippen MR) is 118 cm³/mol. The number of hydrogen-bond donors (Lipinski definition) is 2. The van der Waals surface area contributed by atoms with E-state index in [0.29, 0.717) is 21.3 Å². The van der Waals surface area contributed by atoms with Crippen molar-refractivity contribution in [2.75, 3.05) is 5.32 Å². The van der Waals surface area contributed by atoms with Crippen molar-refractivity contribution in [1.82, 2.24) is 0 Å². The molecule has 3 nitrogen and oxygen atoms in total. The third-order valence-corrected chi connectivity index (χ3v) is 5.56. The summed E-state index contributed by atoms with van der Waals surface area (Å²) in [6.07, 6.45) is 0. The summed E-state index contributed by atoms with van der Waals surface area (Å²) in [6, 6.07) is 5.59. The van der Waals surface area contributed by atoms with Crippen LogP contribution in [-0.2, 0) is 4.79 Å². The molecule has 1 unspecified atom stereocenters. The number of rotatable bonds is 4. The van der Waals surface area contributed by atoms with Crippen LogP contribution < -0.4 is 5.32 Å². The molecule has 0 bridgehead atoms. The van der Waals surface area contributed by atoms with Crippen LogP contribution in [-0.4, -0.2) is 11.1 Å². The van der Waals surface area contributed by atoms with Gasteiger partial charge in [0.2, 0.25) is 0 Å². The van der Waals surface area contributed by atoms with Gasteiger partial charge in [0.15, 0.2) is 0 Å². The Balaban J connectivity index is -0.000000156. The van der Waals surface area contributed by atoms with Gasteiger partial charge >= 0.3 is 5.97 Å². The molecule has 2 aromatic carbocycles. The second-order valence-electron chi connectivity index (χ2n) is 6.10.